The van der Waals surface area contributed by atoms with Crippen LogP contribution in [0.2, 0.25) is 0 Å². The molecule has 3 aromatic carbocycles. The molecule has 3 aromatic rings. The number of aryl methyl sites for hydroxylation is 2. The van der Waals surface area contributed by atoms with Gasteiger partial charge in [0.05, 0.1) is 24.6 Å². The van der Waals surface area contributed by atoms with Crippen molar-refractivity contribution < 1.29 is 14.6 Å². The van der Waals surface area contributed by atoms with E-state index in [1.54, 1.807) is 7.11 Å². The zero-order chi connectivity index (χ0) is 31.8. The lowest BCUT2D eigenvalue weighted by molar-refractivity contribution is -0.124. The molecule has 6 nitrogen and oxygen atoms in total. The van der Waals surface area contributed by atoms with E-state index in [2.05, 4.69) is 82.1 Å². The van der Waals surface area contributed by atoms with Crippen molar-refractivity contribution in [3.63, 3.8) is 0 Å². The molecule has 0 bridgehead atoms. The minimum Gasteiger partial charge on any atom is -0.497 e. The van der Waals surface area contributed by atoms with Crippen LogP contribution in [0.4, 0.5) is 5.69 Å². The van der Waals surface area contributed by atoms with Gasteiger partial charge in [-0.2, -0.15) is 5.10 Å². The van der Waals surface area contributed by atoms with Gasteiger partial charge in [0.25, 0.3) is 0 Å². The van der Waals surface area contributed by atoms with E-state index in [4.69, 9.17) is 14.9 Å². The first kappa shape index (κ1) is 35.3. The summed E-state index contributed by atoms with van der Waals surface area (Å²) in [7, 11) is 1.65. The molecule has 2 atom stereocenters. The topological polar surface area (TPSA) is 74.2 Å². The molecule has 0 spiro atoms. The van der Waals surface area contributed by atoms with Crippen LogP contribution in [0.1, 0.15) is 75.6 Å². The number of aliphatic hydroxyl groups is 1. The van der Waals surface area contributed by atoms with Crippen molar-refractivity contribution in [2.24, 2.45) is 11.0 Å². The SMILES string of the molecule is C=C(c1ccc(C)cc1)N(/N=C(\C)CC(Cc1cccc(C)c1)C(=O)NCCC)c1ccc(OC)cc1.CCCC(C)O. The fourth-order valence-electron chi connectivity index (χ4n) is 4.63. The van der Waals surface area contributed by atoms with Gasteiger partial charge >= 0.3 is 0 Å². The summed E-state index contributed by atoms with van der Waals surface area (Å²) in [5.74, 6) is 0.616. The lowest BCUT2D eigenvalue weighted by Crippen LogP contribution is -2.34. The molecule has 3 rings (SSSR count). The number of nitrogens with one attached hydrogen (secondary N) is 1. The number of aliphatic hydroxyl groups excluding tert-OH is 1. The van der Waals surface area contributed by atoms with Crippen LogP contribution < -0.4 is 15.1 Å². The van der Waals surface area contributed by atoms with Crippen LogP contribution >= 0.6 is 0 Å². The highest BCUT2D eigenvalue weighted by Gasteiger charge is 2.21. The van der Waals surface area contributed by atoms with Crippen LogP contribution in [0.3, 0.4) is 0 Å². The molecular weight excluding hydrogens is 534 g/mol. The number of hydrogen-bond donors (Lipinski definition) is 2. The second kappa shape index (κ2) is 18.6. The fraction of sp³-hybridized carbons (Fsp3) is 0.405. The number of anilines is 1. The van der Waals surface area contributed by atoms with E-state index in [0.29, 0.717) is 19.4 Å². The van der Waals surface area contributed by atoms with Crippen LogP contribution in [-0.4, -0.2) is 36.5 Å². The van der Waals surface area contributed by atoms with E-state index >= 15 is 0 Å². The number of amides is 1. The van der Waals surface area contributed by atoms with Crippen molar-refractivity contribution in [2.45, 2.75) is 79.8 Å². The number of methoxy groups -OCH3 is 1. The molecule has 0 aromatic heterocycles. The number of ether oxygens (including phenoxy) is 1. The van der Waals surface area contributed by atoms with Gasteiger partial charge in [0.15, 0.2) is 0 Å². The van der Waals surface area contributed by atoms with E-state index in [0.717, 1.165) is 53.2 Å². The molecule has 0 saturated carbocycles. The van der Waals surface area contributed by atoms with E-state index in [9.17, 15) is 4.79 Å². The van der Waals surface area contributed by atoms with E-state index < -0.39 is 0 Å². The maximum Gasteiger partial charge on any atom is 0.223 e. The highest BCUT2D eigenvalue weighted by Crippen LogP contribution is 2.28. The molecule has 43 heavy (non-hydrogen) atoms. The van der Waals surface area contributed by atoms with Crippen LogP contribution in [-0.2, 0) is 11.2 Å². The van der Waals surface area contributed by atoms with Crippen LogP contribution in [0.15, 0.2) is 84.5 Å². The van der Waals surface area contributed by atoms with E-state index in [-0.39, 0.29) is 17.9 Å². The molecule has 232 valence electrons. The van der Waals surface area contributed by atoms with Crippen molar-refractivity contribution in [2.75, 3.05) is 18.7 Å². The molecule has 0 aliphatic carbocycles. The lowest BCUT2D eigenvalue weighted by atomic mass is 9.92. The van der Waals surface area contributed by atoms with Gasteiger partial charge in [0.1, 0.15) is 5.75 Å². The predicted octanol–water partition coefficient (Wildman–Crippen LogP) is 8.11. The molecule has 0 fully saturated rings. The minimum absolute atomic E-state index is 0.0614. The molecule has 0 aliphatic rings. The van der Waals surface area contributed by atoms with Crippen molar-refractivity contribution in [3.05, 3.63) is 102 Å². The molecule has 6 heteroatoms. The summed E-state index contributed by atoms with van der Waals surface area (Å²) < 4.78 is 5.34. The average molecular weight is 586 g/mol. The van der Waals surface area contributed by atoms with Crippen LogP contribution in [0.5, 0.6) is 5.75 Å². The first-order valence-electron chi connectivity index (χ1n) is 15.3. The highest BCUT2D eigenvalue weighted by atomic mass is 16.5. The summed E-state index contributed by atoms with van der Waals surface area (Å²) in [4.78, 5) is 13.1. The quantitative estimate of drug-likeness (QED) is 0.148. The lowest BCUT2D eigenvalue weighted by Gasteiger charge is -2.24. The number of rotatable bonds is 14. The Bertz CT molecular complexity index is 1300. The van der Waals surface area contributed by atoms with Crippen molar-refractivity contribution in [3.8, 4) is 5.75 Å². The van der Waals surface area contributed by atoms with Gasteiger partial charge < -0.3 is 15.2 Å². The van der Waals surface area contributed by atoms with Crippen molar-refractivity contribution in [1.82, 2.24) is 5.32 Å². The molecule has 1 amide bonds. The van der Waals surface area contributed by atoms with Gasteiger partial charge in [-0.25, -0.2) is 5.01 Å². The summed E-state index contributed by atoms with van der Waals surface area (Å²) in [5, 5.41) is 18.5. The maximum absolute atomic E-state index is 13.1. The Morgan fingerprint density at radius 1 is 1.00 bits per heavy atom. The first-order chi connectivity index (χ1) is 20.6. The van der Waals surface area contributed by atoms with Crippen molar-refractivity contribution >= 4 is 23.0 Å². The second-order valence-electron chi connectivity index (χ2n) is 11.2. The fourth-order valence-corrected chi connectivity index (χ4v) is 4.63. The molecule has 2 unspecified atom stereocenters. The zero-order valence-corrected chi connectivity index (χ0v) is 27.2. The summed E-state index contributed by atoms with van der Waals surface area (Å²) in [6, 6.07) is 24.4. The predicted molar refractivity (Wildman–Crippen MR) is 182 cm³/mol. The minimum atomic E-state index is -0.220. The van der Waals surface area contributed by atoms with Gasteiger partial charge in [-0.15, -0.1) is 0 Å². The standard InChI is InChI=1S/C32H39N3O2.C5H12O/c1-7-19-33-32(36)29(22-27-10-8-9-24(3)20-27)21-25(4)34-35(30-15-17-31(37-6)18-16-30)26(5)28-13-11-23(2)12-14-28;1-3-4-5(2)6/h8-18,20,29H,5,7,19,21-22H2,1-4,6H3,(H,33,36);5-6H,3-4H2,1-2H3/b34-25+;. The average Bonchev–Trinajstić information content (AvgIpc) is 2.98. The van der Waals surface area contributed by atoms with Crippen molar-refractivity contribution in [1.29, 1.82) is 0 Å². The summed E-state index contributed by atoms with van der Waals surface area (Å²) in [6.45, 7) is 17.1. The Kier molecular flexibility index (Phi) is 15.3. The Labute approximate surface area is 259 Å². The third-order valence-corrected chi connectivity index (χ3v) is 6.96. The molecule has 2 N–H and O–H groups in total. The normalized spacial score (nSPS) is 12.4. The van der Waals surface area contributed by atoms with Gasteiger partial charge in [0, 0.05) is 18.2 Å². The van der Waals surface area contributed by atoms with Gasteiger partial charge in [-0.05, 0) is 88.8 Å². The molecule has 0 radical (unpaired) electrons. The van der Waals surface area contributed by atoms with E-state index in [1.807, 2.05) is 49.2 Å². The maximum atomic E-state index is 13.1. The second-order valence-corrected chi connectivity index (χ2v) is 11.2. The molecule has 0 heterocycles. The zero-order valence-electron chi connectivity index (χ0n) is 27.2. The van der Waals surface area contributed by atoms with Gasteiger partial charge in [-0.3, -0.25) is 4.79 Å². The Morgan fingerprint density at radius 2 is 1.67 bits per heavy atom. The summed E-state index contributed by atoms with van der Waals surface area (Å²) >= 11 is 0. The van der Waals surface area contributed by atoms with Crippen LogP contribution in [0.25, 0.3) is 5.70 Å². The first-order valence-corrected chi connectivity index (χ1v) is 15.3. The number of nitrogens with zero attached hydrogens (tertiary/aromatic N) is 2. The molecule has 0 aliphatic heterocycles. The third kappa shape index (κ3) is 12.5. The number of benzene rings is 3. The van der Waals surface area contributed by atoms with Gasteiger partial charge in [0.2, 0.25) is 5.91 Å². The molecule has 0 saturated heterocycles. The third-order valence-electron chi connectivity index (χ3n) is 6.96. The van der Waals surface area contributed by atoms with Crippen LogP contribution in [0, 0.1) is 19.8 Å². The Morgan fingerprint density at radius 3 is 2.21 bits per heavy atom. The number of carbonyl (C=O) groups is 1. The number of hydrazone groups is 1. The summed E-state index contributed by atoms with van der Waals surface area (Å²) in [5.41, 5.74) is 7.00. The van der Waals surface area contributed by atoms with E-state index in [1.165, 1.54) is 11.1 Å². The Balaban J connectivity index is 0.000000973. The highest BCUT2D eigenvalue weighted by molar-refractivity contribution is 5.91. The van der Waals surface area contributed by atoms with Gasteiger partial charge in [-0.1, -0.05) is 86.5 Å². The summed E-state index contributed by atoms with van der Waals surface area (Å²) in [6.07, 6.45) is 4.01. The smallest absolute Gasteiger partial charge is 0.223 e. The molecular formula is C37H51N3O3. The number of hydrogen-bond acceptors (Lipinski definition) is 5. The number of carbonyl (C=O) groups excluding carboxylic acids is 1. The Hall–Kier alpha value is -3.90. The largest absolute Gasteiger partial charge is 0.497 e. The monoisotopic (exact) mass is 585 g/mol.